The van der Waals surface area contributed by atoms with Crippen molar-refractivity contribution in [3.8, 4) is 0 Å². The second-order valence-corrected chi connectivity index (χ2v) is 7.63. The molecular formula is C20H27N3OS. The molecule has 0 saturated heterocycles. The Bertz CT molecular complexity index is 815. The number of rotatable bonds is 4. The fraction of sp³-hybridized carbons (Fsp3) is 0.550. The molecule has 0 bridgehead atoms. The maximum Gasteiger partial charge on any atom is 0.256 e. The number of hydrogen-bond acceptors (Lipinski definition) is 3. The fourth-order valence-corrected chi connectivity index (χ4v) is 4.06. The van der Waals surface area contributed by atoms with E-state index in [1.807, 2.05) is 0 Å². The quantitative estimate of drug-likeness (QED) is 0.444. The van der Waals surface area contributed by atoms with Crippen LogP contribution < -0.4 is 5.56 Å². The van der Waals surface area contributed by atoms with Crippen LogP contribution in [0.15, 0.2) is 34.1 Å². The number of H-pyrrole nitrogens is 2. The van der Waals surface area contributed by atoms with Gasteiger partial charge in [-0.2, -0.15) is 0 Å². The summed E-state index contributed by atoms with van der Waals surface area (Å²) in [6.07, 6.45) is 16.1. The molecule has 25 heavy (non-hydrogen) atoms. The highest BCUT2D eigenvalue weighted by atomic mass is 32.1. The summed E-state index contributed by atoms with van der Waals surface area (Å²) in [7, 11) is 0. The largest absolute Gasteiger partial charge is 0.317 e. The van der Waals surface area contributed by atoms with Crippen molar-refractivity contribution >= 4 is 23.7 Å². The summed E-state index contributed by atoms with van der Waals surface area (Å²) < 4.78 is 0.334. The van der Waals surface area contributed by atoms with Crippen LogP contribution in [-0.2, 0) is 0 Å². The van der Waals surface area contributed by atoms with Crippen LogP contribution in [0.5, 0.6) is 0 Å². The molecule has 0 spiro atoms. The predicted molar refractivity (Wildman–Crippen MR) is 106 cm³/mol. The number of allylic oxidation sites excluding steroid dienone is 4. The lowest BCUT2D eigenvalue weighted by Crippen LogP contribution is -2.28. The Kier molecular flexibility index (Phi) is 5.84. The molecule has 134 valence electrons. The van der Waals surface area contributed by atoms with E-state index in [1.165, 1.54) is 18.6 Å². The SMILES string of the molecule is Cc1c(N=C(C2C=CCCC2)C(C)C2CC=CCC2)[nH]c(=S)[nH]c1=O. The van der Waals surface area contributed by atoms with Gasteiger partial charge in [0.1, 0.15) is 5.82 Å². The highest BCUT2D eigenvalue weighted by Gasteiger charge is 2.27. The van der Waals surface area contributed by atoms with Gasteiger partial charge in [0, 0.05) is 11.6 Å². The standard InChI is InChI=1S/C20H27N3OS/c1-13(15-9-5-3-6-10-15)17(16-11-7-4-8-12-16)21-18-14(2)19(24)23-20(25)22-18/h3,5,7,11,13,15-16H,4,6,8-10,12H2,1-2H3,(H2,22,23,24,25). The van der Waals surface area contributed by atoms with Gasteiger partial charge in [-0.15, -0.1) is 0 Å². The van der Waals surface area contributed by atoms with Crippen molar-refractivity contribution in [2.75, 3.05) is 0 Å². The molecule has 4 nitrogen and oxygen atoms in total. The monoisotopic (exact) mass is 357 g/mol. The van der Waals surface area contributed by atoms with Gasteiger partial charge in [-0.25, -0.2) is 4.99 Å². The molecule has 0 aromatic carbocycles. The predicted octanol–water partition coefficient (Wildman–Crippen LogP) is 5.16. The van der Waals surface area contributed by atoms with E-state index < -0.39 is 0 Å². The molecule has 1 aromatic heterocycles. The zero-order chi connectivity index (χ0) is 17.8. The molecule has 3 unspecified atom stereocenters. The Morgan fingerprint density at radius 3 is 2.76 bits per heavy atom. The summed E-state index contributed by atoms with van der Waals surface area (Å²) in [5.74, 6) is 1.97. The zero-order valence-electron chi connectivity index (χ0n) is 15.0. The maximum absolute atomic E-state index is 12.1. The molecule has 0 aliphatic heterocycles. The lowest BCUT2D eigenvalue weighted by Gasteiger charge is -2.30. The number of aromatic nitrogens is 2. The number of hydrogen-bond donors (Lipinski definition) is 2. The van der Waals surface area contributed by atoms with Crippen LogP contribution in [0, 0.1) is 29.4 Å². The van der Waals surface area contributed by atoms with Crippen molar-refractivity contribution in [3.63, 3.8) is 0 Å². The van der Waals surface area contributed by atoms with Crippen LogP contribution in [0.4, 0.5) is 5.82 Å². The highest BCUT2D eigenvalue weighted by Crippen LogP contribution is 2.33. The van der Waals surface area contributed by atoms with E-state index >= 15 is 0 Å². The van der Waals surface area contributed by atoms with Gasteiger partial charge < -0.3 is 4.98 Å². The van der Waals surface area contributed by atoms with Crippen molar-refractivity contribution in [3.05, 3.63) is 45.0 Å². The van der Waals surface area contributed by atoms with E-state index in [1.54, 1.807) is 6.92 Å². The lowest BCUT2D eigenvalue weighted by atomic mass is 9.76. The topological polar surface area (TPSA) is 61.0 Å². The number of aliphatic imine (C=N–C) groups is 1. The first-order chi connectivity index (χ1) is 12.1. The molecule has 1 heterocycles. The normalized spacial score (nSPS) is 25.1. The molecule has 0 saturated carbocycles. The summed E-state index contributed by atoms with van der Waals surface area (Å²) in [5.41, 5.74) is 1.63. The number of nitrogens with zero attached hydrogens (tertiary/aromatic N) is 1. The molecule has 0 radical (unpaired) electrons. The van der Waals surface area contributed by atoms with Crippen molar-refractivity contribution < 1.29 is 0 Å². The van der Waals surface area contributed by atoms with Crippen molar-refractivity contribution in [1.29, 1.82) is 0 Å². The van der Waals surface area contributed by atoms with Crippen LogP contribution in [0.25, 0.3) is 0 Å². The minimum atomic E-state index is -0.158. The molecule has 2 N–H and O–H groups in total. The van der Waals surface area contributed by atoms with Crippen LogP contribution in [0.3, 0.4) is 0 Å². The van der Waals surface area contributed by atoms with Gasteiger partial charge in [-0.3, -0.25) is 9.78 Å². The first-order valence-electron chi connectivity index (χ1n) is 9.29. The van der Waals surface area contributed by atoms with Crippen molar-refractivity contribution in [2.45, 2.75) is 52.4 Å². The van der Waals surface area contributed by atoms with Gasteiger partial charge in [0.2, 0.25) is 0 Å². The van der Waals surface area contributed by atoms with Crippen LogP contribution >= 0.6 is 12.2 Å². The fourth-order valence-electron chi connectivity index (χ4n) is 3.87. The molecule has 2 aliphatic rings. The Balaban J connectivity index is 2.02. The van der Waals surface area contributed by atoms with Gasteiger partial charge in [-0.05, 0) is 69.5 Å². The van der Waals surface area contributed by atoms with E-state index in [4.69, 9.17) is 17.2 Å². The minimum absolute atomic E-state index is 0.158. The van der Waals surface area contributed by atoms with E-state index in [0.29, 0.717) is 33.9 Å². The van der Waals surface area contributed by atoms with Gasteiger partial charge in [0.25, 0.3) is 5.56 Å². The van der Waals surface area contributed by atoms with Crippen LogP contribution in [-0.4, -0.2) is 15.7 Å². The summed E-state index contributed by atoms with van der Waals surface area (Å²) in [6.45, 7) is 4.09. The molecule has 2 aliphatic carbocycles. The summed E-state index contributed by atoms with van der Waals surface area (Å²) in [4.78, 5) is 22.7. The van der Waals surface area contributed by atoms with E-state index in [9.17, 15) is 4.79 Å². The second kappa shape index (κ2) is 8.09. The van der Waals surface area contributed by atoms with Crippen LogP contribution in [0.1, 0.15) is 51.0 Å². The number of nitrogens with one attached hydrogen (secondary N) is 2. The number of aromatic amines is 2. The average Bonchev–Trinajstić information content (AvgIpc) is 2.64. The van der Waals surface area contributed by atoms with Gasteiger partial charge in [0.15, 0.2) is 4.77 Å². The lowest BCUT2D eigenvalue weighted by molar-refractivity contribution is 0.395. The third-order valence-electron chi connectivity index (χ3n) is 5.51. The Morgan fingerprint density at radius 1 is 1.24 bits per heavy atom. The molecule has 5 heteroatoms. The smallest absolute Gasteiger partial charge is 0.256 e. The summed E-state index contributed by atoms with van der Waals surface area (Å²) in [5, 5.41) is 0. The molecule has 1 aromatic rings. The summed E-state index contributed by atoms with van der Waals surface area (Å²) >= 11 is 5.14. The minimum Gasteiger partial charge on any atom is -0.317 e. The van der Waals surface area contributed by atoms with Crippen LogP contribution in [0.2, 0.25) is 0 Å². The van der Waals surface area contributed by atoms with Crippen molar-refractivity contribution in [2.24, 2.45) is 22.7 Å². The first-order valence-corrected chi connectivity index (χ1v) is 9.70. The van der Waals surface area contributed by atoms with E-state index in [0.717, 1.165) is 25.7 Å². The highest BCUT2D eigenvalue weighted by molar-refractivity contribution is 7.71. The Morgan fingerprint density at radius 2 is 2.08 bits per heavy atom. The maximum atomic E-state index is 12.1. The summed E-state index contributed by atoms with van der Waals surface area (Å²) in [6, 6.07) is 0. The van der Waals surface area contributed by atoms with Gasteiger partial charge in [0.05, 0.1) is 5.56 Å². The molecule has 0 amide bonds. The van der Waals surface area contributed by atoms with Crippen molar-refractivity contribution in [1.82, 2.24) is 9.97 Å². The average molecular weight is 358 g/mol. The molecule has 3 atom stereocenters. The Hall–Kier alpha value is -1.75. The first kappa shape index (κ1) is 18.1. The Labute approximate surface area is 154 Å². The van der Waals surface area contributed by atoms with E-state index in [-0.39, 0.29) is 5.56 Å². The molecule has 0 fully saturated rings. The molecular weight excluding hydrogens is 330 g/mol. The third-order valence-corrected chi connectivity index (χ3v) is 5.72. The van der Waals surface area contributed by atoms with Gasteiger partial charge >= 0.3 is 0 Å². The zero-order valence-corrected chi connectivity index (χ0v) is 15.9. The van der Waals surface area contributed by atoms with Gasteiger partial charge in [-0.1, -0.05) is 31.2 Å². The van der Waals surface area contributed by atoms with E-state index in [2.05, 4.69) is 41.2 Å². The second-order valence-electron chi connectivity index (χ2n) is 7.22. The molecule has 3 rings (SSSR count). The third kappa shape index (κ3) is 4.27.